The van der Waals surface area contributed by atoms with Gasteiger partial charge < -0.3 is 15.7 Å². The molecule has 3 aromatic heterocycles. The molecule has 0 radical (unpaired) electrons. The number of aromatic hydroxyl groups is 1. The topological polar surface area (TPSA) is 94.6 Å². The van der Waals surface area contributed by atoms with Gasteiger partial charge in [-0.3, -0.25) is 19.8 Å². The highest BCUT2D eigenvalue weighted by molar-refractivity contribution is 5.91. The summed E-state index contributed by atoms with van der Waals surface area (Å²) in [5.74, 6) is 1.26. The molecule has 0 bridgehead atoms. The molecule has 0 aliphatic carbocycles. The summed E-state index contributed by atoms with van der Waals surface area (Å²) in [7, 11) is 2.10. The number of fused-ring (bicyclic) bond motifs is 1. The summed E-state index contributed by atoms with van der Waals surface area (Å²) in [6.07, 6.45) is 16.2. The number of benzene rings is 3. The van der Waals surface area contributed by atoms with Crippen LogP contribution in [0.5, 0.6) is 5.75 Å². The van der Waals surface area contributed by atoms with Gasteiger partial charge in [0, 0.05) is 62.5 Å². The Kier molecular flexibility index (Phi) is 11.9. The Bertz CT molecular complexity index is 2340. The Morgan fingerprint density at radius 2 is 1.33 bits per heavy atom. The van der Waals surface area contributed by atoms with E-state index in [1.165, 1.54) is 88.8 Å². The third-order valence-electron chi connectivity index (χ3n) is 12.4. The summed E-state index contributed by atoms with van der Waals surface area (Å²) >= 11 is 0. The molecule has 2 aliphatic rings. The fourth-order valence-electron chi connectivity index (χ4n) is 9.09. The fraction of sp³-hybridized carbons (Fsp3) is 0.367. The van der Waals surface area contributed by atoms with Crippen LogP contribution in [0.4, 0.5) is 11.5 Å². The molecular formula is C49H57N7O. The second kappa shape index (κ2) is 17.6. The third-order valence-corrected chi connectivity index (χ3v) is 12.4. The zero-order chi connectivity index (χ0) is 39.3. The van der Waals surface area contributed by atoms with E-state index in [1.807, 2.05) is 30.9 Å². The average molecular weight is 760 g/mol. The maximum absolute atomic E-state index is 11.4. The average Bonchev–Trinajstić information content (AvgIpc) is 3.95. The predicted octanol–water partition coefficient (Wildman–Crippen LogP) is 9.00. The van der Waals surface area contributed by atoms with Gasteiger partial charge in [0.15, 0.2) is 5.82 Å². The van der Waals surface area contributed by atoms with Crippen molar-refractivity contribution in [2.75, 3.05) is 38.1 Å². The Morgan fingerprint density at radius 3 is 2.11 bits per heavy atom. The molecule has 3 N–H and O–H groups in total. The van der Waals surface area contributed by atoms with E-state index in [9.17, 15) is 5.11 Å². The first-order valence-corrected chi connectivity index (χ1v) is 20.9. The number of phenolic OH excluding ortho intramolecular Hbond substituents is 1. The monoisotopic (exact) mass is 759 g/mol. The van der Waals surface area contributed by atoms with Crippen LogP contribution in [0.25, 0.3) is 22.0 Å². The van der Waals surface area contributed by atoms with Gasteiger partial charge in [0.1, 0.15) is 11.3 Å². The molecule has 0 saturated carbocycles. The molecule has 0 spiro atoms. The summed E-state index contributed by atoms with van der Waals surface area (Å²) < 4.78 is 0. The standard InChI is InChI=1S/C49H57N7O/c1-34-39(16-17-41-26-40(15-14-36-24-37(28-50)30-51-29-36)43(27-47(41)57)33-56-22-6-7-23-56)10-8-11-44(34)45-12-9-13-46(35(45)2)54(3)49-48-42(18-19-52-49)25-38(31-53-48)32-55-20-4-5-21-55/h8-13,18-19,24-27,29-31,57H,4-7,14-17,20-23,28,32-33,50H2,1-3H3. The summed E-state index contributed by atoms with van der Waals surface area (Å²) in [6, 6.07) is 24.1. The molecule has 2 saturated heterocycles. The van der Waals surface area contributed by atoms with Gasteiger partial charge in [0.25, 0.3) is 0 Å². The van der Waals surface area contributed by atoms with Crippen LogP contribution in [0.1, 0.15) is 75.8 Å². The lowest BCUT2D eigenvalue weighted by Crippen LogP contribution is -2.19. The molecule has 0 atom stereocenters. The highest BCUT2D eigenvalue weighted by Crippen LogP contribution is 2.37. The number of aromatic nitrogens is 3. The van der Waals surface area contributed by atoms with Crippen LogP contribution < -0.4 is 10.6 Å². The minimum Gasteiger partial charge on any atom is -0.508 e. The van der Waals surface area contributed by atoms with Crippen LogP contribution in [0.3, 0.4) is 0 Å². The smallest absolute Gasteiger partial charge is 0.159 e. The Balaban J connectivity index is 1.02. The number of nitrogens with two attached hydrogens (primary N) is 1. The quantitative estimate of drug-likeness (QED) is 0.114. The van der Waals surface area contributed by atoms with E-state index in [1.54, 1.807) is 0 Å². The molecule has 3 aromatic carbocycles. The second-order valence-electron chi connectivity index (χ2n) is 16.3. The van der Waals surface area contributed by atoms with E-state index in [2.05, 4.69) is 101 Å². The van der Waals surface area contributed by atoms with Gasteiger partial charge in [0.2, 0.25) is 0 Å². The largest absolute Gasteiger partial charge is 0.508 e. The van der Waals surface area contributed by atoms with Crippen LogP contribution in [0.2, 0.25) is 0 Å². The molecule has 2 aliphatic heterocycles. The first kappa shape index (κ1) is 38.7. The number of pyridine rings is 3. The maximum Gasteiger partial charge on any atom is 0.159 e. The van der Waals surface area contributed by atoms with Gasteiger partial charge in [-0.2, -0.15) is 0 Å². The van der Waals surface area contributed by atoms with Gasteiger partial charge >= 0.3 is 0 Å². The molecule has 8 nitrogen and oxygen atoms in total. The van der Waals surface area contributed by atoms with Crippen molar-refractivity contribution < 1.29 is 5.11 Å². The Morgan fingerprint density at radius 1 is 0.649 bits per heavy atom. The number of rotatable bonds is 14. The van der Waals surface area contributed by atoms with Crippen LogP contribution >= 0.6 is 0 Å². The van der Waals surface area contributed by atoms with E-state index in [0.29, 0.717) is 12.3 Å². The normalized spacial score (nSPS) is 14.9. The first-order valence-electron chi connectivity index (χ1n) is 20.9. The van der Waals surface area contributed by atoms with E-state index in [4.69, 9.17) is 15.7 Å². The number of hydrogen-bond acceptors (Lipinski definition) is 8. The summed E-state index contributed by atoms with van der Waals surface area (Å²) in [5, 5.41) is 12.5. The molecule has 0 unspecified atom stereocenters. The molecule has 57 heavy (non-hydrogen) atoms. The zero-order valence-corrected chi connectivity index (χ0v) is 34.0. The lowest BCUT2D eigenvalue weighted by Gasteiger charge is -2.24. The van der Waals surface area contributed by atoms with Crippen molar-refractivity contribution in [1.82, 2.24) is 24.8 Å². The molecule has 0 amide bonds. The van der Waals surface area contributed by atoms with E-state index in [-0.39, 0.29) is 0 Å². The zero-order valence-electron chi connectivity index (χ0n) is 34.0. The summed E-state index contributed by atoms with van der Waals surface area (Å²) in [4.78, 5) is 21.5. The number of phenols is 1. The minimum absolute atomic E-state index is 0.402. The van der Waals surface area contributed by atoms with Crippen LogP contribution in [-0.4, -0.2) is 63.1 Å². The third kappa shape index (κ3) is 8.74. The summed E-state index contributed by atoms with van der Waals surface area (Å²) in [6.45, 7) is 11.4. The van der Waals surface area contributed by atoms with Gasteiger partial charge in [0.05, 0.1) is 0 Å². The van der Waals surface area contributed by atoms with Crippen molar-refractivity contribution >= 4 is 22.4 Å². The van der Waals surface area contributed by atoms with Crippen LogP contribution in [-0.2, 0) is 45.3 Å². The van der Waals surface area contributed by atoms with Crippen molar-refractivity contribution in [2.24, 2.45) is 5.73 Å². The maximum atomic E-state index is 11.4. The number of anilines is 2. The van der Waals surface area contributed by atoms with Gasteiger partial charge in [-0.05, 0) is 177 Å². The SMILES string of the molecule is Cc1c(CCc2cc(CCc3cncc(CN)c3)c(CN3CCCC3)cc2O)cccc1-c1cccc(N(C)c2nccc3cc(CN4CCCC4)cnc23)c1C. The van der Waals surface area contributed by atoms with Crippen molar-refractivity contribution in [1.29, 1.82) is 0 Å². The van der Waals surface area contributed by atoms with Gasteiger partial charge in [-0.25, -0.2) is 4.98 Å². The fourth-order valence-corrected chi connectivity index (χ4v) is 9.09. The highest BCUT2D eigenvalue weighted by atomic mass is 16.3. The molecule has 6 aromatic rings. The van der Waals surface area contributed by atoms with E-state index >= 15 is 0 Å². The van der Waals surface area contributed by atoms with Crippen molar-refractivity contribution in [2.45, 2.75) is 84.8 Å². The first-order chi connectivity index (χ1) is 27.8. The molecule has 8 heteroatoms. The molecular weight excluding hydrogens is 703 g/mol. The predicted molar refractivity (Wildman–Crippen MR) is 233 cm³/mol. The molecule has 294 valence electrons. The molecule has 5 heterocycles. The van der Waals surface area contributed by atoms with Crippen LogP contribution in [0.15, 0.2) is 91.5 Å². The lowest BCUT2D eigenvalue weighted by molar-refractivity contribution is 0.329. The number of hydrogen-bond donors (Lipinski definition) is 2. The number of aryl methyl sites for hydroxylation is 4. The van der Waals surface area contributed by atoms with E-state index in [0.717, 1.165) is 85.4 Å². The van der Waals surface area contributed by atoms with Gasteiger partial charge in [-0.15, -0.1) is 0 Å². The van der Waals surface area contributed by atoms with Crippen molar-refractivity contribution in [3.8, 4) is 16.9 Å². The Hall–Kier alpha value is -5.15. The Labute approximate surface area is 338 Å². The van der Waals surface area contributed by atoms with Gasteiger partial charge in [-0.1, -0.05) is 42.5 Å². The van der Waals surface area contributed by atoms with E-state index < -0.39 is 0 Å². The second-order valence-corrected chi connectivity index (χ2v) is 16.3. The number of nitrogens with zero attached hydrogens (tertiary/aromatic N) is 6. The number of likely N-dealkylation sites (tertiary alicyclic amines) is 2. The summed E-state index contributed by atoms with van der Waals surface area (Å²) in [5.41, 5.74) is 21.2. The van der Waals surface area contributed by atoms with Crippen molar-refractivity contribution in [3.63, 3.8) is 0 Å². The molecule has 8 rings (SSSR count). The highest BCUT2D eigenvalue weighted by Gasteiger charge is 2.20. The molecule has 2 fully saturated rings. The van der Waals surface area contributed by atoms with Crippen molar-refractivity contribution in [3.05, 3.63) is 142 Å². The van der Waals surface area contributed by atoms with Crippen LogP contribution in [0, 0.1) is 13.8 Å². The lowest BCUT2D eigenvalue weighted by atomic mass is 9.90. The minimum atomic E-state index is 0.402.